The number of furan rings is 1. The Kier molecular flexibility index (Phi) is 3.58. The molecule has 0 bridgehead atoms. The minimum absolute atomic E-state index is 0.292. The molecule has 1 aromatic heterocycles. The lowest BCUT2D eigenvalue weighted by Crippen LogP contribution is -2.39. The summed E-state index contributed by atoms with van der Waals surface area (Å²) in [6, 6.07) is 12.0. The van der Waals surface area contributed by atoms with Gasteiger partial charge >= 0.3 is 0 Å². The SMILES string of the molecule is C[C@]1([C@@H](O)c2ccco2)CCN(C(=O)c2ccccc2)C1=O. The molecule has 3 rings (SSSR count). The van der Waals surface area contributed by atoms with Gasteiger partial charge in [-0.05, 0) is 37.6 Å². The van der Waals surface area contributed by atoms with Gasteiger partial charge in [-0.1, -0.05) is 18.2 Å². The van der Waals surface area contributed by atoms with E-state index >= 15 is 0 Å². The van der Waals surface area contributed by atoms with Gasteiger partial charge in [-0.3, -0.25) is 14.5 Å². The summed E-state index contributed by atoms with van der Waals surface area (Å²) in [4.78, 5) is 26.3. The van der Waals surface area contributed by atoms with E-state index in [0.717, 1.165) is 0 Å². The lowest BCUT2D eigenvalue weighted by atomic mass is 9.81. The number of carbonyl (C=O) groups excluding carboxylic acids is 2. The highest BCUT2D eigenvalue weighted by Crippen LogP contribution is 2.43. The van der Waals surface area contributed by atoms with Crippen LogP contribution in [0.15, 0.2) is 53.1 Å². The first-order chi connectivity index (χ1) is 10.5. The number of rotatable bonds is 3. The van der Waals surface area contributed by atoms with E-state index in [4.69, 9.17) is 4.42 Å². The lowest BCUT2D eigenvalue weighted by Gasteiger charge is -2.26. The second kappa shape index (κ2) is 5.42. The van der Waals surface area contributed by atoms with Crippen LogP contribution in [0.25, 0.3) is 0 Å². The highest BCUT2D eigenvalue weighted by atomic mass is 16.4. The van der Waals surface area contributed by atoms with Crippen LogP contribution >= 0.6 is 0 Å². The fourth-order valence-corrected chi connectivity index (χ4v) is 2.81. The van der Waals surface area contributed by atoms with Crippen molar-refractivity contribution in [3.8, 4) is 0 Å². The Labute approximate surface area is 128 Å². The van der Waals surface area contributed by atoms with Crippen LogP contribution in [0.5, 0.6) is 0 Å². The highest BCUT2D eigenvalue weighted by Gasteiger charge is 2.51. The summed E-state index contributed by atoms with van der Waals surface area (Å²) in [6.45, 7) is 1.96. The molecule has 2 amide bonds. The molecule has 2 aromatic rings. The van der Waals surface area contributed by atoms with Crippen LogP contribution in [0.4, 0.5) is 0 Å². The van der Waals surface area contributed by atoms with Crippen LogP contribution in [0.1, 0.15) is 35.6 Å². The molecule has 0 radical (unpaired) electrons. The number of carbonyl (C=O) groups is 2. The van der Waals surface area contributed by atoms with E-state index in [1.807, 2.05) is 6.07 Å². The molecule has 114 valence electrons. The largest absolute Gasteiger partial charge is 0.467 e. The molecule has 1 saturated heterocycles. The zero-order chi connectivity index (χ0) is 15.7. The zero-order valence-corrected chi connectivity index (χ0v) is 12.2. The van der Waals surface area contributed by atoms with Crippen molar-refractivity contribution in [1.29, 1.82) is 0 Å². The van der Waals surface area contributed by atoms with Gasteiger partial charge in [0.05, 0.1) is 11.7 Å². The summed E-state index contributed by atoms with van der Waals surface area (Å²) in [5, 5.41) is 10.5. The van der Waals surface area contributed by atoms with Crippen LogP contribution in [0.2, 0.25) is 0 Å². The molecule has 1 aliphatic heterocycles. The van der Waals surface area contributed by atoms with Crippen LogP contribution in [-0.4, -0.2) is 28.4 Å². The number of hydrogen-bond acceptors (Lipinski definition) is 4. The number of amides is 2. The molecule has 5 nitrogen and oxygen atoms in total. The summed E-state index contributed by atoms with van der Waals surface area (Å²) >= 11 is 0. The first kappa shape index (κ1) is 14.5. The molecule has 1 N–H and O–H groups in total. The van der Waals surface area contributed by atoms with E-state index < -0.39 is 11.5 Å². The van der Waals surface area contributed by atoms with Gasteiger partial charge < -0.3 is 9.52 Å². The predicted octanol–water partition coefficient (Wildman–Crippen LogP) is 2.39. The number of aliphatic hydroxyl groups excluding tert-OH is 1. The second-order valence-electron chi connectivity index (χ2n) is 5.71. The number of hydrogen-bond donors (Lipinski definition) is 1. The summed E-state index contributed by atoms with van der Waals surface area (Å²) in [5.41, 5.74) is -0.588. The summed E-state index contributed by atoms with van der Waals surface area (Å²) in [5.74, 6) is -0.365. The quantitative estimate of drug-likeness (QED) is 0.883. The molecular formula is C17H17NO4. The number of benzene rings is 1. The molecule has 1 fully saturated rings. The number of aliphatic hydroxyl groups is 1. The normalized spacial score (nSPS) is 22.8. The molecule has 2 atom stereocenters. The van der Waals surface area contributed by atoms with Gasteiger partial charge in [-0.15, -0.1) is 0 Å². The number of nitrogens with zero attached hydrogens (tertiary/aromatic N) is 1. The van der Waals surface area contributed by atoms with Gasteiger partial charge in [-0.2, -0.15) is 0 Å². The van der Waals surface area contributed by atoms with Crippen molar-refractivity contribution in [2.24, 2.45) is 5.41 Å². The molecule has 5 heteroatoms. The van der Waals surface area contributed by atoms with Crippen molar-refractivity contribution in [2.45, 2.75) is 19.4 Å². The van der Waals surface area contributed by atoms with Crippen molar-refractivity contribution in [3.63, 3.8) is 0 Å². The third-order valence-electron chi connectivity index (χ3n) is 4.27. The van der Waals surface area contributed by atoms with Crippen molar-refractivity contribution >= 4 is 11.8 Å². The van der Waals surface area contributed by atoms with E-state index in [0.29, 0.717) is 24.3 Å². The highest BCUT2D eigenvalue weighted by molar-refractivity contribution is 6.07. The Bertz CT molecular complexity index is 680. The Balaban J connectivity index is 1.84. The molecule has 0 saturated carbocycles. The first-order valence-electron chi connectivity index (χ1n) is 7.17. The summed E-state index contributed by atoms with van der Waals surface area (Å²) in [6.07, 6.45) is 0.782. The van der Waals surface area contributed by atoms with Crippen molar-refractivity contribution in [3.05, 3.63) is 60.1 Å². The van der Waals surface area contributed by atoms with Gasteiger partial charge in [0, 0.05) is 12.1 Å². The van der Waals surface area contributed by atoms with E-state index in [-0.39, 0.29) is 11.8 Å². The first-order valence-corrected chi connectivity index (χ1v) is 7.17. The average molecular weight is 299 g/mol. The van der Waals surface area contributed by atoms with Gasteiger partial charge in [0.15, 0.2) is 0 Å². The Morgan fingerprint density at radius 3 is 2.64 bits per heavy atom. The Morgan fingerprint density at radius 1 is 1.27 bits per heavy atom. The lowest BCUT2D eigenvalue weighted by molar-refractivity contribution is -0.139. The minimum Gasteiger partial charge on any atom is -0.467 e. The monoisotopic (exact) mass is 299 g/mol. The van der Waals surface area contributed by atoms with E-state index in [1.54, 1.807) is 43.3 Å². The van der Waals surface area contributed by atoms with Gasteiger partial charge in [0.25, 0.3) is 5.91 Å². The van der Waals surface area contributed by atoms with Crippen molar-refractivity contribution < 1.29 is 19.1 Å². The molecule has 1 aromatic carbocycles. The maximum Gasteiger partial charge on any atom is 0.260 e. The standard InChI is InChI=1S/C17H17NO4/c1-17(14(19)13-8-5-11-22-13)9-10-18(16(17)21)15(20)12-6-3-2-4-7-12/h2-8,11,14,19H,9-10H2,1H3/t14-,17+/m0/s1. The van der Waals surface area contributed by atoms with E-state index in [2.05, 4.69) is 0 Å². The molecule has 2 heterocycles. The van der Waals surface area contributed by atoms with Gasteiger partial charge in [0.2, 0.25) is 5.91 Å². The molecule has 0 unspecified atom stereocenters. The van der Waals surface area contributed by atoms with Crippen LogP contribution in [0.3, 0.4) is 0 Å². The Hall–Kier alpha value is -2.40. The van der Waals surface area contributed by atoms with Crippen LogP contribution in [0, 0.1) is 5.41 Å². The van der Waals surface area contributed by atoms with Crippen molar-refractivity contribution in [2.75, 3.05) is 6.54 Å². The zero-order valence-electron chi connectivity index (χ0n) is 12.2. The summed E-state index contributed by atoms with van der Waals surface area (Å²) in [7, 11) is 0. The number of imide groups is 1. The topological polar surface area (TPSA) is 70.8 Å². The van der Waals surface area contributed by atoms with E-state index in [9.17, 15) is 14.7 Å². The van der Waals surface area contributed by atoms with E-state index in [1.165, 1.54) is 11.2 Å². The maximum absolute atomic E-state index is 12.7. The van der Waals surface area contributed by atoms with Crippen LogP contribution < -0.4 is 0 Å². The maximum atomic E-state index is 12.7. The molecule has 22 heavy (non-hydrogen) atoms. The van der Waals surface area contributed by atoms with Gasteiger partial charge in [0.1, 0.15) is 11.9 Å². The minimum atomic E-state index is -1.07. The molecular weight excluding hydrogens is 282 g/mol. The third kappa shape index (κ3) is 2.23. The third-order valence-corrected chi connectivity index (χ3v) is 4.27. The average Bonchev–Trinajstić information content (AvgIpc) is 3.17. The smallest absolute Gasteiger partial charge is 0.260 e. The molecule has 0 aliphatic carbocycles. The van der Waals surface area contributed by atoms with Crippen LogP contribution in [-0.2, 0) is 4.79 Å². The number of likely N-dealkylation sites (tertiary alicyclic amines) is 1. The Morgan fingerprint density at radius 2 is 2.00 bits per heavy atom. The molecule has 0 spiro atoms. The van der Waals surface area contributed by atoms with Crippen molar-refractivity contribution in [1.82, 2.24) is 4.90 Å². The molecule has 1 aliphatic rings. The fourth-order valence-electron chi connectivity index (χ4n) is 2.81. The predicted molar refractivity (Wildman–Crippen MR) is 78.9 cm³/mol. The summed E-state index contributed by atoms with van der Waals surface area (Å²) < 4.78 is 5.20. The second-order valence-corrected chi connectivity index (χ2v) is 5.71. The fraction of sp³-hybridized carbons (Fsp3) is 0.294. The van der Waals surface area contributed by atoms with Gasteiger partial charge in [-0.25, -0.2) is 0 Å².